The summed E-state index contributed by atoms with van der Waals surface area (Å²) >= 11 is 0. The highest BCUT2D eigenvalue weighted by atomic mass is 16.4. The van der Waals surface area contributed by atoms with E-state index in [-0.39, 0.29) is 42.5 Å². The zero-order chi connectivity index (χ0) is 19.8. The maximum Gasteiger partial charge on any atom is 0.336 e. The first-order valence-corrected chi connectivity index (χ1v) is 9.28. The van der Waals surface area contributed by atoms with E-state index < -0.39 is 5.63 Å². The molecule has 144 valence electrons. The van der Waals surface area contributed by atoms with Gasteiger partial charge in [-0.15, -0.1) is 0 Å². The summed E-state index contributed by atoms with van der Waals surface area (Å²) in [7, 11) is 0. The zero-order valence-electron chi connectivity index (χ0n) is 15.4. The van der Waals surface area contributed by atoms with Crippen LogP contribution in [-0.2, 0) is 14.4 Å². The number of aryl methyl sites for hydroxylation is 1. The first-order chi connectivity index (χ1) is 13.4. The molecule has 1 aliphatic heterocycles. The summed E-state index contributed by atoms with van der Waals surface area (Å²) in [5, 5.41) is 3.52. The normalized spacial score (nSPS) is 21.2. The van der Waals surface area contributed by atoms with Crippen molar-refractivity contribution < 1.29 is 18.8 Å². The lowest BCUT2D eigenvalue weighted by molar-refractivity contribution is -0.140. The Balaban J connectivity index is 1.41. The molecule has 1 fully saturated rings. The van der Waals surface area contributed by atoms with Gasteiger partial charge in [-0.2, -0.15) is 0 Å². The van der Waals surface area contributed by atoms with Gasteiger partial charge in [-0.05, 0) is 37.5 Å². The van der Waals surface area contributed by atoms with E-state index in [1.165, 1.54) is 11.0 Å². The van der Waals surface area contributed by atoms with Crippen molar-refractivity contribution in [2.75, 3.05) is 11.9 Å². The third kappa shape index (κ3) is 3.24. The van der Waals surface area contributed by atoms with Crippen LogP contribution in [0.25, 0.3) is 11.0 Å². The molecule has 0 spiro atoms. The second-order valence-electron chi connectivity index (χ2n) is 7.24. The second kappa shape index (κ2) is 7.07. The Morgan fingerprint density at radius 3 is 2.46 bits per heavy atom. The molecule has 28 heavy (non-hydrogen) atoms. The number of likely N-dealkylation sites (tertiary alicyclic amines) is 1. The number of nitrogens with one attached hydrogen (secondary N) is 1. The smallest absolute Gasteiger partial charge is 0.336 e. The molecule has 0 bridgehead atoms. The zero-order valence-corrected chi connectivity index (χ0v) is 15.4. The van der Waals surface area contributed by atoms with Gasteiger partial charge in [0.05, 0.1) is 11.8 Å². The largest absolute Gasteiger partial charge is 0.423 e. The Morgan fingerprint density at radius 1 is 1.11 bits per heavy atom. The standard InChI is InChI=1S/C21H20N2O5/c1-12-10-19(25)28-17-11-13(6-7-14(12)17)22-18(24)8-9-23-20(26)15-4-2-3-5-16(15)21(23)27/h2-3,6-7,10-11,15-16H,4-5,8-9H2,1H3,(H,22,24)/t15-,16-/m1/s1. The quantitative estimate of drug-likeness (QED) is 0.499. The topological polar surface area (TPSA) is 96.7 Å². The summed E-state index contributed by atoms with van der Waals surface area (Å²) in [6, 6.07) is 6.50. The van der Waals surface area contributed by atoms with Gasteiger partial charge in [0.1, 0.15) is 5.58 Å². The second-order valence-corrected chi connectivity index (χ2v) is 7.24. The first-order valence-electron chi connectivity index (χ1n) is 9.28. The van der Waals surface area contributed by atoms with Crippen molar-refractivity contribution in [3.63, 3.8) is 0 Å². The minimum atomic E-state index is -0.449. The van der Waals surface area contributed by atoms with Gasteiger partial charge in [0, 0.05) is 36.2 Å². The summed E-state index contributed by atoms with van der Waals surface area (Å²) in [6.07, 6.45) is 5.05. The number of benzene rings is 1. The summed E-state index contributed by atoms with van der Waals surface area (Å²) in [5.41, 5.74) is 1.23. The molecule has 0 radical (unpaired) electrons. The third-order valence-electron chi connectivity index (χ3n) is 5.40. The molecule has 3 amide bonds. The first kappa shape index (κ1) is 18.2. The predicted molar refractivity (Wildman–Crippen MR) is 103 cm³/mol. The fourth-order valence-corrected chi connectivity index (χ4v) is 3.93. The molecule has 1 aliphatic carbocycles. The molecule has 1 N–H and O–H groups in total. The summed E-state index contributed by atoms with van der Waals surface area (Å²) < 4.78 is 5.18. The number of amides is 3. The molecular weight excluding hydrogens is 360 g/mol. The van der Waals surface area contributed by atoms with E-state index in [1.807, 2.05) is 19.1 Å². The molecule has 4 rings (SSSR count). The summed E-state index contributed by atoms with van der Waals surface area (Å²) in [4.78, 5) is 49.9. The van der Waals surface area contributed by atoms with Crippen molar-refractivity contribution in [2.24, 2.45) is 11.8 Å². The van der Waals surface area contributed by atoms with Gasteiger partial charge in [-0.3, -0.25) is 19.3 Å². The molecule has 2 aromatic rings. The number of anilines is 1. The molecule has 1 aromatic carbocycles. The molecule has 2 heterocycles. The molecule has 2 aliphatic rings. The highest BCUT2D eigenvalue weighted by Gasteiger charge is 2.46. The van der Waals surface area contributed by atoms with Gasteiger partial charge >= 0.3 is 5.63 Å². The minimum absolute atomic E-state index is 0.0140. The molecule has 1 aromatic heterocycles. The molecule has 1 saturated heterocycles. The molecule has 0 saturated carbocycles. The van der Waals surface area contributed by atoms with E-state index in [2.05, 4.69) is 5.32 Å². The third-order valence-corrected chi connectivity index (χ3v) is 5.40. The number of carbonyl (C=O) groups is 3. The lowest BCUT2D eigenvalue weighted by atomic mass is 9.85. The Hall–Kier alpha value is -3.22. The van der Waals surface area contributed by atoms with E-state index in [4.69, 9.17) is 4.42 Å². The van der Waals surface area contributed by atoms with Crippen molar-refractivity contribution in [1.82, 2.24) is 4.90 Å². The number of hydrogen-bond acceptors (Lipinski definition) is 5. The Bertz CT molecular complexity index is 1040. The Morgan fingerprint density at radius 2 is 1.79 bits per heavy atom. The maximum atomic E-state index is 12.4. The van der Waals surface area contributed by atoms with Crippen LogP contribution in [0, 0.1) is 18.8 Å². The number of rotatable bonds is 4. The fraction of sp³-hybridized carbons (Fsp3) is 0.333. The average Bonchev–Trinajstić information content (AvgIpc) is 2.90. The molecule has 0 unspecified atom stereocenters. The van der Waals surface area contributed by atoms with E-state index in [0.29, 0.717) is 24.1 Å². The number of imide groups is 1. The van der Waals surface area contributed by atoms with Crippen LogP contribution in [0.5, 0.6) is 0 Å². The van der Waals surface area contributed by atoms with Gasteiger partial charge in [-0.25, -0.2) is 4.79 Å². The van der Waals surface area contributed by atoms with Crippen LogP contribution in [0.4, 0.5) is 5.69 Å². The fourth-order valence-electron chi connectivity index (χ4n) is 3.93. The van der Waals surface area contributed by atoms with E-state index in [1.54, 1.807) is 18.2 Å². The van der Waals surface area contributed by atoms with Gasteiger partial charge in [-0.1, -0.05) is 12.2 Å². The number of hydrogen-bond donors (Lipinski definition) is 1. The molecular formula is C21H20N2O5. The Labute approximate surface area is 161 Å². The molecule has 2 atom stereocenters. The average molecular weight is 380 g/mol. The molecule has 7 nitrogen and oxygen atoms in total. The molecule has 7 heteroatoms. The van der Waals surface area contributed by atoms with Crippen molar-refractivity contribution in [3.05, 3.63) is 52.4 Å². The van der Waals surface area contributed by atoms with Gasteiger partial charge < -0.3 is 9.73 Å². The predicted octanol–water partition coefficient (Wildman–Crippen LogP) is 2.38. The number of allylic oxidation sites excluding steroid dienone is 2. The van der Waals surface area contributed by atoms with Crippen LogP contribution >= 0.6 is 0 Å². The SMILES string of the molecule is Cc1cc(=O)oc2cc(NC(=O)CCN3C(=O)[C@@H]4CC=CC[C@H]4C3=O)ccc12. The van der Waals surface area contributed by atoms with Gasteiger partial charge in [0.2, 0.25) is 17.7 Å². The van der Waals surface area contributed by atoms with Crippen molar-refractivity contribution in [3.8, 4) is 0 Å². The maximum absolute atomic E-state index is 12.4. The summed E-state index contributed by atoms with van der Waals surface area (Å²) in [6.45, 7) is 1.88. The lowest BCUT2D eigenvalue weighted by Crippen LogP contribution is -2.34. The van der Waals surface area contributed by atoms with Crippen LogP contribution in [0.15, 0.2) is 45.6 Å². The van der Waals surface area contributed by atoms with Crippen LogP contribution < -0.4 is 10.9 Å². The lowest BCUT2D eigenvalue weighted by Gasteiger charge is -2.14. The van der Waals surface area contributed by atoms with Crippen molar-refractivity contribution in [2.45, 2.75) is 26.2 Å². The van der Waals surface area contributed by atoms with Crippen LogP contribution in [-0.4, -0.2) is 29.2 Å². The van der Waals surface area contributed by atoms with Crippen LogP contribution in [0.3, 0.4) is 0 Å². The van der Waals surface area contributed by atoms with Crippen molar-refractivity contribution >= 4 is 34.4 Å². The monoisotopic (exact) mass is 380 g/mol. The van der Waals surface area contributed by atoms with E-state index in [9.17, 15) is 19.2 Å². The number of nitrogens with zero attached hydrogens (tertiary/aromatic N) is 1. The van der Waals surface area contributed by atoms with Gasteiger partial charge in [0.25, 0.3) is 0 Å². The highest BCUT2D eigenvalue weighted by Crippen LogP contribution is 2.35. The minimum Gasteiger partial charge on any atom is -0.423 e. The van der Waals surface area contributed by atoms with Crippen molar-refractivity contribution in [1.29, 1.82) is 0 Å². The van der Waals surface area contributed by atoms with Gasteiger partial charge in [0.15, 0.2) is 0 Å². The van der Waals surface area contributed by atoms with E-state index in [0.717, 1.165) is 10.9 Å². The van der Waals surface area contributed by atoms with E-state index >= 15 is 0 Å². The van der Waals surface area contributed by atoms with Crippen LogP contribution in [0.2, 0.25) is 0 Å². The van der Waals surface area contributed by atoms with Crippen LogP contribution in [0.1, 0.15) is 24.8 Å². The number of carbonyl (C=O) groups excluding carboxylic acids is 3. The summed E-state index contributed by atoms with van der Waals surface area (Å²) in [5.74, 6) is -1.26. The Kier molecular flexibility index (Phi) is 4.58. The number of fused-ring (bicyclic) bond motifs is 2. The highest BCUT2D eigenvalue weighted by molar-refractivity contribution is 6.06.